The molecule has 0 atom stereocenters. The molecule has 1 aromatic carbocycles. The Morgan fingerprint density at radius 1 is 1.22 bits per heavy atom. The smallest absolute Gasteiger partial charge is 0.238 e. The third kappa shape index (κ3) is 4.55. The molecule has 1 heterocycles. The molecule has 1 aliphatic heterocycles. The Hall–Kier alpha value is -1.39. The van der Waals surface area contributed by atoms with Gasteiger partial charge in [0.25, 0.3) is 0 Å². The lowest BCUT2D eigenvalue weighted by atomic mass is 9.97. The number of nitrogens with one attached hydrogen (secondary N) is 2. The third-order valence-corrected chi connectivity index (χ3v) is 5.14. The predicted octanol–water partition coefficient (Wildman–Crippen LogP) is 2.44. The van der Waals surface area contributed by atoms with E-state index in [2.05, 4.69) is 34.6 Å². The van der Waals surface area contributed by atoms with Gasteiger partial charge in [-0.3, -0.25) is 9.69 Å². The van der Waals surface area contributed by atoms with Gasteiger partial charge in [0, 0.05) is 5.69 Å². The van der Waals surface area contributed by atoms with E-state index in [0.29, 0.717) is 6.54 Å². The summed E-state index contributed by atoms with van der Waals surface area (Å²) in [5.41, 5.74) is 3.82. The third-order valence-electron chi connectivity index (χ3n) is 5.14. The molecule has 126 valence electrons. The number of piperidine rings is 1. The molecule has 3 rings (SSSR count). The van der Waals surface area contributed by atoms with Gasteiger partial charge in [0.2, 0.25) is 5.91 Å². The molecule has 1 saturated heterocycles. The summed E-state index contributed by atoms with van der Waals surface area (Å²) in [6.07, 6.45) is 5.97. The fraction of sp³-hybridized carbons (Fsp3) is 0.632. The van der Waals surface area contributed by atoms with Gasteiger partial charge in [-0.25, -0.2) is 0 Å². The zero-order chi connectivity index (χ0) is 16.1. The number of hydrogen-bond donors (Lipinski definition) is 2. The molecule has 1 aromatic rings. The first-order chi connectivity index (χ1) is 11.2. The van der Waals surface area contributed by atoms with Crippen LogP contribution in [-0.4, -0.2) is 43.5 Å². The first-order valence-corrected chi connectivity index (χ1v) is 9.09. The molecule has 2 aliphatic rings. The normalized spacial score (nSPS) is 18.8. The summed E-state index contributed by atoms with van der Waals surface area (Å²) in [4.78, 5) is 14.6. The lowest BCUT2D eigenvalue weighted by Crippen LogP contribution is -2.41. The van der Waals surface area contributed by atoms with Gasteiger partial charge < -0.3 is 10.6 Å². The molecule has 0 saturated carbocycles. The average molecular weight is 315 g/mol. The van der Waals surface area contributed by atoms with Crippen molar-refractivity contribution in [2.75, 3.05) is 38.0 Å². The second-order valence-electron chi connectivity index (χ2n) is 6.91. The molecule has 1 aliphatic carbocycles. The molecule has 0 bridgehead atoms. The van der Waals surface area contributed by atoms with Crippen molar-refractivity contribution in [2.24, 2.45) is 5.92 Å². The molecule has 0 spiro atoms. The highest BCUT2D eigenvalue weighted by Gasteiger charge is 2.20. The summed E-state index contributed by atoms with van der Waals surface area (Å²) in [5, 5.41) is 6.50. The second-order valence-corrected chi connectivity index (χ2v) is 6.91. The van der Waals surface area contributed by atoms with Gasteiger partial charge >= 0.3 is 0 Å². The molecule has 1 amide bonds. The molecule has 23 heavy (non-hydrogen) atoms. The van der Waals surface area contributed by atoms with E-state index in [1.807, 2.05) is 6.07 Å². The maximum Gasteiger partial charge on any atom is 0.238 e. The van der Waals surface area contributed by atoms with Crippen molar-refractivity contribution in [3.63, 3.8) is 0 Å². The number of carbonyl (C=O) groups excluding carboxylic acids is 1. The molecule has 4 heteroatoms. The van der Waals surface area contributed by atoms with Crippen molar-refractivity contribution in [2.45, 2.75) is 39.0 Å². The van der Waals surface area contributed by atoms with E-state index in [1.54, 1.807) is 0 Å². The summed E-state index contributed by atoms with van der Waals surface area (Å²) >= 11 is 0. The number of benzene rings is 1. The number of hydrogen-bond acceptors (Lipinski definition) is 3. The van der Waals surface area contributed by atoms with Crippen molar-refractivity contribution in [3.05, 3.63) is 29.3 Å². The van der Waals surface area contributed by atoms with Crippen molar-refractivity contribution < 1.29 is 4.79 Å². The van der Waals surface area contributed by atoms with Crippen LogP contribution in [0.4, 0.5) is 5.69 Å². The van der Waals surface area contributed by atoms with Gasteiger partial charge in [-0.15, -0.1) is 0 Å². The summed E-state index contributed by atoms with van der Waals surface area (Å²) in [6.45, 7) is 6.90. The van der Waals surface area contributed by atoms with Crippen LogP contribution in [0.25, 0.3) is 0 Å². The minimum Gasteiger partial charge on any atom is -0.325 e. The van der Waals surface area contributed by atoms with Crippen LogP contribution in [0.1, 0.15) is 37.3 Å². The summed E-state index contributed by atoms with van der Waals surface area (Å²) in [5.74, 6) is 0.888. The van der Waals surface area contributed by atoms with Crippen LogP contribution in [0, 0.1) is 5.92 Å². The zero-order valence-corrected chi connectivity index (χ0v) is 14.2. The molecule has 0 radical (unpaired) electrons. The van der Waals surface area contributed by atoms with Gasteiger partial charge in [-0.2, -0.15) is 0 Å². The lowest BCUT2D eigenvalue weighted by molar-refractivity contribution is -0.117. The van der Waals surface area contributed by atoms with E-state index in [4.69, 9.17) is 0 Å². The van der Waals surface area contributed by atoms with E-state index < -0.39 is 0 Å². The van der Waals surface area contributed by atoms with Crippen LogP contribution in [-0.2, 0) is 17.6 Å². The Labute approximate surface area is 139 Å². The molecule has 1 fully saturated rings. The van der Waals surface area contributed by atoms with E-state index in [9.17, 15) is 4.79 Å². The maximum absolute atomic E-state index is 12.3. The van der Waals surface area contributed by atoms with E-state index >= 15 is 0 Å². The highest BCUT2D eigenvalue weighted by Crippen LogP contribution is 2.25. The molecule has 2 N–H and O–H groups in total. The van der Waals surface area contributed by atoms with Crippen molar-refractivity contribution >= 4 is 11.6 Å². The quantitative estimate of drug-likeness (QED) is 0.847. The lowest BCUT2D eigenvalue weighted by Gasteiger charge is -2.31. The molecule has 0 unspecified atom stereocenters. The highest BCUT2D eigenvalue weighted by molar-refractivity contribution is 5.92. The SMILES string of the molecule is CCNCC1CCN(CC(=O)Nc2ccc3c(c2)CCC3)CC1. The van der Waals surface area contributed by atoms with Crippen molar-refractivity contribution in [3.8, 4) is 0 Å². The van der Waals surface area contributed by atoms with Crippen molar-refractivity contribution in [1.82, 2.24) is 10.2 Å². The fourth-order valence-corrected chi connectivity index (χ4v) is 3.75. The Kier molecular flexibility index (Phi) is 5.68. The van der Waals surface area contributed by atoms with Gasteiger partial charge in [0.15, 0.2) is 0 Å². The van der Waals surface area contributed by atoms with Crippen LogP contribution >= 0.6 is 0 Å². The zero-order valence-electron chi connectivity index (χ0n) is 14.2. The molecule has 0 aromatic heterocycles. The van der Waals surface area contributed by atoms with Crippen LogP contribution in [0.2, 0.25) is 0 Å². The van der Waals surface area contributed by atoms with E-state index in [-0.39, 0.29) is 5.91 Å². The van der Waals surface area contributed by atoms with Gasteiger partial charge in [-0.05, 0) is 87.5 Å². The molecular formula is C19H29N3O. The summed E-state index contributed by atoms with van der Waals surface area (Å²) < 4.78 is 0. The van der Waals surface area contributed by atoms with E-state index in [0.717, 1.165) is 44.2 Å². The standard InChI is InChI=1S/C19H29N3O/c1-2-20-13-15-8-10-22(11-9-15)14-19(23)21-18-7-6-16-4-3-5-17(16)12-18/h6-7,12,15,20H,2-5,8-11,13-14H2,1H3,(H,21,23). The number of carbonyl (C=O) groups is 1. The van der Waals surface area contributed by atoms with Crippen LogP contribution < -0.4 is 10.6 Å². The number of rotatable bonds is 6. The number of fused-ring (bicyclic) bond motifs is 1. The number of likely N-dealkylation sites (tertiary alicyclic amines) is 1. The predicted molar refractivity (Wildman–Crippen MR) is 94.8 cm³/mol. The number of amides is 1. The van der Waals surface area contributed by atoms with Gasteiger partial charge in [0.05, 0.1) is 6.54 Å². The number of anilines is 1. The van der Waals surface area contributed by atoms with Crippen molar-refractivity contribution in [1.29, 1.82) is 0 Å². The minimum atomic E-state index is 0.119. The first kappa shape index (κ1) is 16.5. The fourth-order valence-electron chi connectivity index (χ4n) is 3.75. The Morgan fingerprint density at radius 3 is 2.78 bits per heavy atom. The summed E-state index contributed by atoms with van der Waals surface area (Å²) in [6, 6.07) is 6.37. The monoisotopic (exact) mass is 315 g/mol. The number of nitrogens with zero attached hydrogens (tertiary/aromatic N) is 1. The Morgan fingerprint density at radius 2 is 2.00 bits per heavy atom. The van der Waals surface area contributed by atoms with Crippen LogP contribution in [0.5, 0.6) is 0 Å². The Bertz CT molecular complexity index is 535. The maximum atomic E-state index is 12.3. The van der Waals surface area contributed by atoms with Gasteiger partial charge in [0.1, 0.15) is 0 Å². The number of aryl methyl sites for hydroxylation is 2. The minimum absolute atomic E-state index is 0.119. The molecular weight excluding hydrogens is 286 g/mol. The Balaban J connectivity index is 1.43. The highest BCUT2D eigenvalue weighted by atomic mass is 16.2. The topological polar surface area (TPSA) is 44.4 Å². The summed E-state index contributed by atoms with van der Waals surface area (Å²) in [7, 11) is 0. The largest absolute Gasteiger partial charge is 0.325 e. The van der Waals surface area contributed by atoms with Crippen LogP contribution in [0.3, 0.4) is 0 Å². The van der Waals surface area contributed by atoms with Gasteiger partial charge in [-0.1, -0.05) is 13.0 Å². The second kappa shape index (κ2) is 7.93. The van der Waals surface area contributed by atoms with E-state index in [1.165, 1.54) is 36.8 Å². The molecule has 4 nitrogen and oxygen atoms in total. The van der Waals surface area contributed by atoms with Crippen LogP contribution in [0.15, 0.2) is 18.2 Å². The average Bonchev–Trinajstić information content (AvgIpc) is 3.02. The first-order valence-electron chi connectivity index (χ1n) is 9.09.